The smallest absolute Gasteiger partial charge is 0.353 e. The van der Waals surface area contributed by atoms with E-state index in [0.717, 1.165) is 11.6 Å². The van der Waals surface area contributed by atoms with Crippen molar-refractivity contribution < 1.29 is 38.8 Å². The van der Waals surface area contributed by atoms with Crippen LogP contribution < -0.4 is 0 Å². The van der Waals surface area contributed by atoms with Crippen molar-refractivity contribution in [1.82, 2.24) is 15.0 Å². The van der Waals surface area contributed by atoms with Gasteiger partial charge in [-0.1, -0.05) is 53.6 Å². The second-order valence-corrected chi connectivity index (χ2v) is 7.13. The first-order valence-corrected chi connectivity index (χ1v) is 10.4. The number of halogens is 2. The second-order valence-electron chi connectivity index (χ2n) is 7.13. The van der Waals surface area contributed by atoms with Gasteiger partial charge in [0.15, 0.2) is 0 Å². The van der Waals surface area contributed by atoms with Gasteiger partial charge in [0.05, 0.1) is 11.6 Å². The maximum Gasteiger partial charge on any atom is 0.353 e. The molecule has 0 unspecified atom stereocenters. The van der Waals surface area contributed by atoms with Crippen LogP contribution in [-0.4, -0.2) is 26.0 Å². The van der Waals surface area contributed by atoms with Crippen molar-refractivity contribution in [3.05, 3.63) is 127 Å². The molecule has 181 valence electrons. The van der Waals surface area contributed by atoms with E-state index in [1.54, 1.807) is 67.0 Å². The molecule has 3 aromatic heterocycles. The van der Waals surface area contributed by atoms with Crippen molar-refractivity contribution in [3.8, 4) is 33.8 Å². The molecule has 0 amide bonds. The van der Waals surface area contributed by atoms with E-state index in [4.69, 9.17) is 5.11 Å². The number of aromatic carboxylic acids is 1. The standard InChI is InChI=1S/C16H9F2N2.C12H8NO2.Ir/c17-13-10-14(18)12(16-6-2-4-8-20-16)9-11(13)15-5-1-3-7-19-15;14-12(15)11-8-4-7-10(13-11)9-5-2-1-3-6-9;/h1-8,10H;1-5,7-8H,(H,14,15);/q2*-1;. The van der Waals surface area contributed by atoms with Crippen LogP contribution in [0.1, 0.15) is 10.5 Å². The molecule has 0 fully saturated rings. The van der Waals surface area contributed by atoms with E-state index in [9.17, 15) is 13.6 Å². The first kappa shape index (κ1) is 26.5. The second kappa shape index (κ2) is 12.5. The molecule has 5 nitrogen and oxygen atoms in total. The molecular weight excluding hydrogens is 641 g/mol. The fourth-order valence-electron chi connectivity index (χ4n) is 3.15. The zero-order chi connectivity index (χ0) is 24.6. The summed E-state index contributed by atoms with van der Waals surface area (Å²) in [5.41, 5.74) is 2.53. The average molecular weight is 658 g/mol. The Bertz CT molecular complexity index is 1380. The van der Waals surface area contributed by atoms with Gasteiger partial charge in [0.2, 0.25) is 0 Å². The molecule has 0 saturated carbocycles. The molecule has 0 bridgehead atoms. The van der Waals surface area contributed by atoms with Crippen molar-refractivity contribution in [2.24, 2.45) is 0 Å². The van der Waals surface area contributed by atoms with Crippen molar-refractivity contribution in [2.45, 2.75) is 0 Å². The largest absolute Gasteiger partial charge is 0.477 e. The summed E-state index contributed by atoms with van der Waals surface area (Å²) in [6, 6.07) is 29.0. The number of benzene rings is 2. The molecule has 5 aromatic rings. The molecule has 1 radical (unpaired) electrons. The predicted octanol–water partition coefficient (Wildman–Crippen LogP) is 6.13. The number of carbonyl (C=O) groups is 1. The Labute approximate surface area is 219 Å². The molecule has 2 aromatic carbocycles. The zero-order valence-corrected chi connectivity index (χ0v) is 20.9. The van der Waals surface area contributed by atoms with E-state index in [1.807, 2.05) is 18.2 Å². The minimum atomic E-state index is -1.02. The Morgan fingerprint density at radius 3 is 1.83 bits per heavy atom. The van der Waals surface area contributed by atoms with Gasteiger partial charge in [-0.15, -0.1) is 42.0 Å². The van der Waals surface area contributed by atoms with Gasteiger partial charge in [-0.25, -0.2) is 4.79 Å². The van der Waals surface area contributed by atoms with Crippen LogP contribution in [-0.2, 0) is 20.1 Å². The fourth-order valence-corrected chi connectivity index (χ4v) is 3.15. The van der Waals surface area contributed by atoms with E-state index in [1.165, 1.54) is 6.07 Å². The third-order valence-corrected chi connectivity index (χ3v) is 4.78. The van der Waals surface area contributed by atoms with E-state index in [0.29, 0.717) is 17.1 Å². The topological polar surface area (TPSA) is 76.0 Å². The monoisotopic (exact) mass is 658 g/mol. The van der Waals surface area contributed by atoms with Crippen molar-refractivity contribution in [3.63, 3.8) is 0 Å². The normalized spacial score (nSPS) is 9.94. The number of pyridine rings is 3. The fraction of sp³-hybridized carbons (Fsp3) is 0. The summed E-state index contributed by atoms with van der Waals surface area (Å²) in [4.78, 5) is 22.8. The van der Waals surface area contributed by atoms with E-state index in [2.05, 4.69) is 27.1 Å². The number of hydrogen-bond donors (Lipinski definition) is 1. The molecule has 0 atom stereocenters. The number of rotatable bonds is 4. The first-order chi connectivity index (χ1) is 17.0. The van der Waals surface area contributed by atoms with Gasteiger partial charge in [-0.2, -0.15) is 0 Å². The quantitative estimate of drug-likeness (QED) is 0.236. The van der Waals surface area contributed by atoms with Crippen LogP contribution >= 0.6 is 0 Å². The molecular formula is C28H17F2IrN3O2-2. The summed E-state index contributed by atoms with van der Waals surface area (Å²) < 4.78 is 27.8. The van der Waals surface area contributed by atoms with Gasteiger partial charge in [0.1, 0.15) is 5.69 Å². The van der Waals surface area contributed by atoms with Crippen LogP contribution in [0.4, 0.5) is 8.78 Å². The number of hydrogen-bond acceptors (Lipinski definition) is 4. The van der Waals surface area contributed by atoms with E-state index >= 15 is 0 Å². The Morgan fingerprint density at radius 1 is 0.750 bits per heavy atom. The molecule has 8 heteroatoms. The van der Waals surface area contributed by atoms with Gasteiger partial charge in [-0.05, 0) is 23.9 Å². The molecule has 0 aliphatic heterocycles. The Balaban J connectivity index is 0.000000203. The number of nitrogens with zero attached hydrogens (tertiary/aromatic N) is 3. The van der Waals surface area contributed by atoms with E-state index < -0.39 is 17.6 Å². The van der Waals surface area contributed by atoms with Gasteiger partial charge in [0, 0.05) is 43.9 Å². The molecule has 0 aliphatic carbocycles. The van der Waals surface area contributed by atoms with Gasteiger partial charge in [0.25, 0.3) is 0 Å². The molecule has 1 N–H and O–H groups in total. The molecule has 5 rings (SSSR count). The van der Waals surface area contributed by atoms with Crippen molar-refractivity contribution in [1.29, 1.82) is 0 Å². The molecule has 0 aliphatic rings. The Hall–Kier alpha value is -4.13. The van der Waals surface area contributed by atoms with Crippen LogP contribution in [0.2, 0.25) is 0 Å². The summed E-state index contributed by atoms with van der Waals surface area (Å²) in [5, 5.41) is 8.78. The minimum Gasteiger partial charge on any atom is -0.477 e. The molecule has 0 spiro atoms. The Kier molecular flexibility index (Phi) is 9.22. The Morgan fingerprint density at radius 2 is 1.33 bits per heavy atom. The maximum atomic E-state index is 13.9. The number of aromatic nitrogens is 3. The number of carboxylic acid groups (broad SMARTS) is 1. The van der Waals surface area contributed by atoms with Crippen LogP contribution in [0.5, 0.6) is 0 Å². The first-order valence-electron chi connectivity index (χ1n) is 10.4. The third-order valence-electron chi connectivity index (χ3n) is 4.78. The predicted molar refractivity (Wildman–Crippen MR) is 127 cm³/mol. The van der Waals surface area contributed by atoms with Crippen molar-refractivity contribution in [2.75, 3.05) is 0 Å². The summed E-state index contributed by atoms with van der Waals surface area (Å²) in [7, 11) is 0. The minimum absolute atomic E-state index is 0. The van der Waals surface area contributed by atoms with E-state index in [-0.39, 0.29) is 36.9 Å². The summed E-state index contributed by atoms with van der Waals surface area (Å²) >= 11 is 0. The van der Waals surface area contributed by atoms with Gasteiger partial charge in [-0.3, -0.25) is 23.7 Å². The molecule has 36 heavy (non-hydrogen) atoms. The average Bonchev–Trinajstić information content (AvgIpc) is 2.91. The van der Waals surface area contributed by atoms with Crippen LogP contribution in [0.25, 0.3) is 33.8 Å². The molecule has 3 heterocycles. The number of carboxylic acids is 1. The van der Waals surface area contributed by atoms with Gasteiger partial charge >= 0.3 is 5.97 Å². The summed E-state index contributed by atoms with van der Waals surface area (Å²) in [6.45, 7) is 0. The zero-order valence-electron chi connectivity index (χ0n) is 18.5. The van der Waals surface area contributed by atoms with Crippen LogP contribution in [0, 0.1) is 23.8 Å². The summed E-state index contributed by atoms with van der Waals surface area (Å²) in [5.74, 6) is -2.41. The third kappa shape index (κ3) is 6.50. The molecule has 0 saturated heterocycles. The van der Waals surface area contributed by atoms with Crippen LogP contribution in [0.3, 0.4) is 0 Å². The van der Waals surface area contributed by atoms with Gasteiger partial charge < -0.3 is 5.11 Å². The maximum absolute atomic E-state index is 13.9. The SMILES string of the molecule is Fc1cc(F)c(-c2ccccn2)[c-]c1-c1ccccn1.O=C(O)c1cccc(-c2[c-]cccc2)n1.[Ir]. The summed E-state index contributed by atoms with van der Waals surface area (Å²) in [6.07, 6.45) is 3.10. The van der Waals surface area contributed by atoms with Crippen LogP contribution in [0.15, 0.2) is 97.3 Å². The van der Waals surface area contributed by atoms with Crippen molar-refractivity contribution >= 4 is 5.97 Å².